The van der Waals surface area contributed by atoms with Crippen molar-refractivity contribution in [1.29, 1.82) is 0 Å². The highest BCUT2D eigenvalue weighted by Gasteiger charge is 2.09. The van der Waals surface area contributed by atoms with Crippen molar-refractivity contribution in [2.24, 2.45) is 5.73 Å². The fourth-order valence-corrected chi connectivity index (χ4v) is 1.78. The molecule has 0 aromatic carbocycles. The van der Waals surface area contributed by atoms with E-state index in [0.717, 1.165) is 5.69 Å². The average molecular weight is 280 g/mol. The van der Waals surface area contributed by atoms with Gasteiger partial charge in [0, 0.05) is 37.3 Å². The number of nitrogens with two attached hydrogens (primary N) is 1. The molecule has 3 N–H and O–H groups in total. The smallest absolute Gasteiger partial charge is 0.252 e. The van der Waals surface area contributed by atoms with Gasteiger partial charge in [0.05, 0.1) is 17.7 Å². The van der Waals surface area contributed by atoms with E-state index in [0.29, 0.717) is 24.1 Å². The molecule has 0 aliphatic rings. The van der Waals surface area contributed by atoms with Crippen LogP contribution in [0.15, 0.2) is 42.9 Å². The summed E-state index contributed by atoms with van der Waals surface area (Å²) in [6.07, 6.45) is 5.56. The van der Waals surface area contributed by atoms with Crippen LogP contribution in [0.2, 0.25) is 0 Å². The molecule has 0 fully saturated rings. The molecule has 106 valence electrons. The minimum absolute atomic E-state index is 0.172. The zero-order valence-corrected chi connectivity index (χ0v) is 11.5. The van der Waals surface area contributed by atoms with Gasteiger partial charge in [0.15, 0.2) is 0 Å². The van der Waals surface area contributed by atoms with Gasteiger partial charge < -0.3 is 11.1 Å². The Kier molecular flexibility index (Phi) is 5.44. The zero-order valence-electron chi connectivity index (χ0n) is 11.5. The normalized spacial score (nSPS) is 9.57. The van der Waals surface area contributed by atoms with Gasteiger partial charge in [-0.15, -0.1) is 0 Å². The van der Waals surface area contributed by atoms with Crippen LogP contribution in [0.4, 0.5) is 0 Å². The number of nitrogens with one attached hydrogen (secondary N) is 1. The molecular formula is C16H16N4O. The maximum absolute atomic E-state index is 12.2. The van der Waals surface area contributed by atoms with Crippen molar-refractivity contribution >= 4 is 5.91 Å². The Morgan fingerprint density at radius 3 is 2.95 bits per heavy atom. The Bertz CT molecular complexity index is 659. The lowest BCUT2D eigenvalue weighted by Gasteiger charge is -2.06. The van der Waals surface area contributed by atoms with Crippen molar-refractivity contribution in [3.8, 4) is 11.8 Å². The van der Waals surface area contributed by atoms with Gasteiger partial charge in [-0.05, 0) is 18.2 Å². The fourth-order valence-electron chi connectivity index (χ4n) is 1.78. The Balaban J connectivity index is 1.97. The van der Waals surface area contributed by atoms with Crippen LogP contribution in [0, 0.1) is 11.8 Å². The SMILES string of the molecule is NCC#Cc1cnccc1C(=O)NCCc1ccccn1. The number of nitrogens with zero attached hydrogens (tertiary/aromatic N) is 2. The van der Waals surface area contributed by atoms with Crippen molar-refractivity contribution in [2.45, 2.75) is 6.42 Å². The van der Waals surface area contributed by atoms with Crippen LogP contribution < -0.4 is 11.1 Å². The van der Waals surface area contributed by atoms with Gasteiger partial charge in [-0.25, -0.2) is 0 Å². The Hall–Kier alpha value is -2.71. The summed E-state index contributed by atoms with van der Waals surface area (Å²) in [5, 5.41) is 2.86. The van der Waals surface area contributed by atoms with Crippen LogP contribution in [0.3, 0.4) is 0 Å². The number of hydrogen-bond donors (Lipinski definition) is 2. The van der Waals surface area contributed by atoms with E-state index in [1.165, 1.54) is 0 Å². The van der Waals surface area contributed by atoms with E-state index in [1.54, 1.807) is 24.7 Å². The quantitative estimate of drug-likeness (QED) is 0.810. The van der Waals surface area contributed by atoms with E-state index in [9.17, 15) is 4.79 Å². The molecule has 0 saturated heterocycles. The molecule has 2 aromatic heterocycles. The molecule has 0 spiro atoms. The average Bonchev–Trinajstić information content (AvgIpc) is 2.54. The second-order valence-corrected chi connectivity index (χ2v) is 4.25. The van der Waals surface area contributed by atoms with Crippen molar-refractivity contribution in [2.75, 3.05) is 13.1 Å². The molecule has 2 rings (SSSR count). The van der Waals surface area contributed by atoms with Crippen LogP contribution in [0.5, 0.6) is 0 Å². The number of carbonyl (C=O) groups is 1. The van der Waals surface area contributed by atoms with Gasteiger partial charge >= 0.3 is 0 Å². The molecule has 21 heavy (non-hydrogen) atoms. The van der Waals surface area contributed by atoms with Crippen LogP contribution in [-0.2, 0) is 6.42 Å². The maximum Gasteiger partial charge on any atom is 0.252 e. The van der Waals surface area contributed by atoms with Gasteiger partial charge in [-0.2, -0.15) is 0 Å². The number of hydrogen-bond acceptors (Lipinski definition) is 4. The summed E-state index contributed by atoms with van der Waals surface area (Å²) in [7, 11) is 0. The summed E-state index contributed by atoms with van der Waals surface area (Å²) in [5.74, 6) is 5.41. The molecule has 0 saturated carbocycles. The standard InChI is InChI=1S/C16H16N4O/c17-8-3-4-13-12-18-10-7-15(13)16(21)20-11-6-14-5-1-2-9-19-14/h1-2,5,7,9-10,12H,6,8,11,17H2,(H,20,21). The summed E-state index contributed by atoms with van der Waals surface area (Å²) in [5.41, 5.74) is 7.37. The first-order chi connectivity index (χ1) is 10.3. The molecule has 0 atom stereocenters. The van der Waals surface area contributed by atoms with Gasteiger partial charge in [0.1, 0.15) is 0 Å². The first-order valence-electron chi connectivity index (χ1n) is 6.62. The lowest BCUT2D eigenvalue weighted by Crippen LogP contribution is -2.26. The van der Waals surface area contributed by atoms with E-state index >= 15 is 0 Å². The Labute approximate surface area is 123 Å². The highest BCUT2D eigenvalue weighted by atomic mass is 16.1. The van der Waals surface area contributed by atoms with Crippen molar-refractivity contribution in [3.63, 3.8) is 0 Å². The molecule has 5 heteroatoms. The van der Waals surface area contributed by atoms with E-state index in [-0.39, 0.29) is 12.5 Å². The number of rotatable bonds is 4. The maximum atomic E-state index is 12.2. The second kappa shape index (κ2) is 7.78. The minimum atomic E-state index is -0.172. The van der Waals surface area contributed by atoms with Gasteiger partial charge in [-0.3, -0.25) is 14.8 Å². The number of pyridine rings is 2. The molecule has 5 nitrogen and oxygen atoms in total. The van der Waals surface area contributed by atoms with E-state index in [1.807, 2.05) is 18.2 Å². The molecule has 0 aliphatic carbocycles. The van der Waals surface area contributed by atoms with Crippen LogP contribution >= 0.6 is 0 Å². The van der Waals surface area contributed by atoms with Gasteiger partial charge in [0.2, 0.25) is 0 Å². The number of aromatic nitrogens is 2. The lowest BCUT2D eigenvalue weighted by molar-refractivity contribution is 0.0953. The summed E-state index contributed by atoms with van der Waals surface area (Å²) < 4.78 is 0. The number of amides is 1. The van der Waals surface area contributed by atoms with Crippen LogP contribution in [0.1, 0.15) is 21.6 Å². The minimum Gasteiger partial charge on any atom is -0.352 e. The van der Waals surface area contributed by atoms with E-state index in [4.69, 9.17) is 5.73 Å². The molecule has 0 unspecified atom stereocenters. The number of carbonyl (C=O) groups excluding carboxylic acids is 1. The third-order valence-corrected chi connectivity index (χ3v) is 2.78. The molecule has 1 amide bonds. The zero-order chi connectivity index (χ0) is 14.9. The van der Waals surface area contributed by atoms with Crippen LogP contribution in [-0.4, -0.2) is 29.0 Å². The largest absolute Gasteiger partial charge is 0.352 e. The third kappa shape index (κ3) is 4.41. The molecule has 2 heterocycles. The summed E-state index contributed by atoms with van der Waals surface area (Å²) in [6, 6.07) is 7.36. The fraction of sp³-hybridized carbons (Fsp3) is 0.188. The topological polar surface area (TPSA) is 80.9 Å². The van der Waals surface area contributed by atoms with Gasteiger partial charge in [0.25, 0.3) is 5.91 Å². The molecule has 0 aliphatic heterocycles. The van der Waals surface area contributed by atoms with E-state index < -0.39 is 0 Å². The monoisotopic (exact) mass is 280 g/mol. The van der Waals surface area contributed by atoms with E-state index in [2.05, 4.69) is 27.1 Å². The van der Waals surface area contributed by atoms with Crippen molar-refractivity contribution < 1.29 is 4.79 Å². The lowest BCUT2D eigenvalue weighted by atomic mass is 10.1. The predicted molar refractivity (Wildman–Crippen MR) is 80.4 cm³/mol. The predicted octanol–water partition coefficient (Wildman–Crippen LogP) is 0.759. The summed E-state index contributed by atoms with van der Waals surface area (Å²) in [4.78, 5) is 20.3. The highest BCUT2D eigenvalue weighted by Crippen LogP contribution is 2.05. The molecule has 0 radical (unpaired) electrons. The van der Waals surface area contributed by atoms with Gasteiger partial charge in [-0.1, -0.05) is 17.9 Å². The Morgan fingerprint density at radius 1 is 1.29 bits per heavy atom. The first kappa shape index (κ1) is 14.7. The second-order valence-electron chi connectivity index (χ2n) is 4.25. The Morgan fingerprint density at radius 2 is 2.19 bits per heavy atom. The molecule has 2 aromatic rings. The summed E-state index contributed by atoms with van der Waals surface area (Å²) in [6.45, 7) is 0.761. The molecular weight excluding hydrogens is 264 g/mol. The van der Waals surface area contributed by atoms with Crippen LogP contribution in [0.25, 0.3) is 0 Å². The third-order valence-electron chi connectivity index (χ3n) is 2.78. The van der Waals surface area contributed by atoms with Crippen molar-refractivity contribution in [3.05, 3.63) is 59.7 Å². The highest BCUT2D eigenvalue weighted by molar-refractivity contribution is 5.96. The molecule has 0 bridgehead atoms. The first-order valence-corrected chi connectivity index (χ1v) is 6.62. The summed E-state index contributed by atoms with van der Waals surface area (Å²) >= 11 is 0. The van der Waals surface area contributed by atoms with Crippen molar-refractivity contribution in [1.82, 2.24) is 15.3 Å².